The van der Waals surface area contributed by atoms with Gasteiger partial charge in [-0.2, -0.15) is 15.0 Å². The molecule has 0 atom stereocenters. The Bertz CT molecular complexity index is 1070. The third-order valence-electron chi connectivity index (χ3n) is 5.48. The fourth-order valence-corrected chi connectivity index (χ4v) is 3.88. The van der Waals surface area contributed by atoms with E-state index >= 15 is 0 Å². The SMILES string of the molecule is CCCCN(C)c1nc(Nc2cccc(F)c2)nc(N2CCN(c3ncccc3Cl)CC2)n1. The van der Waals surface area contributed by atoms with E-state index in [1.165, 1.54) is 12.1 Å². The average Bonchev–Trinajstić information content (AvgIpc) is 2.83. The van der Waals surface area contributed by atoms with Gasteiger partial charge >= 0.3 is 0 Å². The number of nitrogens with one attached hydrogen (secondary N) is 1. The number of hydrogen-bond acceptors (Lipinski definition) is 8. The van der Waals surface area contributed by atoms with Gasteiger partial charge in [-0.05, 0) is 36.8 Å². The van der Waals surface area contributed by atoms with Gasteiger partial charge in [-0.3, -0.25) is 0 Å². The lowest BCUT2D eigenvalue weighted by molar-refractivity contribution is 0.628. The number of halogens is 2. The Hall–Kier alpha value is -3.20. The lowest BCUT2D eigenvalue weighted by Gasteiger charge is -2.36. The predicted octanol–water partition coefficient (Wildman–Crippen LogP) is 4.37. The second kappa shape index (κ2) is 10.6. The van der Waals surface area contributed by atoms with Gasteiger partial charge in [0.2, 0.25) is 17.8 Å². The van der Waals surface area contributed by atoms with Crippen LogP contribution in [0, 0.1) is 5.82 Å². The number of anilines is 5. The van der Waals surface area contributed by atoms with E-state index in [1.807, 2.05) is 24.1 Å². The zero-order chi connectivity index (χ0) is 23.2. The topological polar surface area (TPSA) is 73.3 Å². The van der Waals surface area contributed by atoms with Crippen LogP contribution in [0.15, 0.2) is 42.6 Å². The number of benzene rings is 1. The molecule has 1 saturated heterocycles. The van der Waals surface area contributed by atoms with Gasteiger partial charge < -0.3 is 20.0 Å². The number of nitrogens with zero attached hydrogens (tertiary/aromatic N) is 7. The summed E-state index contributed by atoms with van der Waals surface area (Å²) in [6.07, 6.45) is 3.87. The van der Waals surface area contributed by atoms with Crippen molar-refractivity contribution < 1.29 is 4.39 Å². The Morgan fingerprint density at radius 2 is 1.85 bits per heavy atom. The van der Waals surface area contributed by atoms with E-state index in [0.717, 1.165) is 38.3 Å². The number of unbranched alkanes of at least 4 members (excludes halogenated alkanes) is 1. The molecule has 1 fully saturated rings. The van der Waals surface area contributed by atoms with Gasteiger partial charge in [0, 0.05) is 51.7 Å². The van der Waals surface area contributed by atoms with Gasteiger partial charge in [-0.25, -0.2) is 9.37 Å². The maximum atomic E-state index is 13.7. The summed E-state index contributed by atoms with van der Waals surface area (Å²) in [5.41, 5.74) is 0.587. The Kier molecular flexibility index (Phi) is 7.39. The van der Waals surface area contributed by atoms with E-state index in [9.17, 15) is 4.39 Å². The van der Waals surface area contributed by atoms with Crippen LogP contribution in [0.3, 0.4) is 0 Å². The van der Waals surface area contributed by atoms with Crippen LogP contribution in [-0.2, 0) is 0 Å². The number of hydrogen-bond donors (Lipinski definition) is 1. The molecule has 3 aromatic rings. The highest BCUT2D eigenvalue weighted by Crippen LogP contribution is 2.25. The van der Waals surface area contributed by atoms with Crippen molar-refractivity contribution in [2.45, 2.75) is 19.8 Å². The Labute approximate surface area is 198 Å². The first-order valence-electron chi connectivity index (χ1n) is 11.1. The van der Waals surface area contributed by atoms with Crippen LogP contribution in [-0.4, -0.2) is 59.7 Å². The third kappa shape index (κ3) is 5.78. The standard InChI is InChI=1S/C23H28ClFN8/c1-3-4-11-31(2)22-28-21(27-18-8-5-7-17(25)16-18)29-23(30-22)33-14-12-32(13-15-33)20-19(24)9-6-10-26-20/h5-10,16H,3-4,11-15H2,1-2H3,(H,27,28,29,30). The van der Waals surface area contributed by atoms with E-state index in [4.69, 9.17) is 16.6 Å². The molecule has 0 bridgehead atoms. The minimum atomic E-state index is -0.320. The van der Waals surface area contributed by atoms with Gasteiger partial charge in [-0.15, -0.1) is 0 Å². The summed E-state index contributed by atoms with van der Waals surface area (Å²) in [5.74, 6) is 2.04. The molecule has 174 valence electrons. The van der Waals surface area contributed by atoms with Gasteiger partial charge in [-0.1, -0.05) is 31.0 Å². The van der Waals surface area contributed by atoms with Gasteiger partial charge in [0.25, 0.3) is 0 Å². The smallest absolute Gasteiger partial charge is 0.233 e. The molecule has 0 aliphatic carbocycles. The Morgan fingerprint density at radius 3 is 2.58 bits per heavy atom. The first-order chi connectivity index (χ1) is 16.0. The summed E-state index contributed by atoms with van der Waals surface area (Å²) in [6, 6.07) is 9.93. The maximum Gasteiger partial charge on any atom is 0.233 e. The highest BCUT2D eigenvalue weighted by Gasteiger charge is 2.23. The Morgan fingerprint density at radius 1 is 1.06 bits per heavy atom. The highest BCUT2D eigenvalue weighted by atomic mass is 35.5. The number of pyridine rings is 1. The molecule has 1 aliphatic heterocycles. The van der Waals surface area contributed by atoms with Crippen molar-refractivity contribution in [2.24, 2.45) is 0 Å². The highest BCUT2D eigenvalue weighted by molar-refractivity contribution is 6.32. The van der Waals surface area contributed by atoms with Crippen LogP contribution in [0.5, 0.6) is 0 Å². The molecular weight excluding hydrogens is 443 g/mol. The molecule has 8 nitrogen and oxygen atoms in total. The van der Waals surface area contributed by atoms with E-state index in [1.54, 1.807) is 18.3 Å². The predicted molar refractivity (Wildman–Crippen MR) is 131 cm³/mol. The molecule has 1 aliphatic rings. The van der Waals surface area contributed by atoms with Crippen molar-refractivity contribution in [2.75, 3.05) is 59.8 Å². The fraction of sp³-hybridized carbons (Fsp3) is 0.391. The average molecular weight is 471 g/mol. The molecule has 1 aromatic carbocycles. The molecule has 0 amide bonds. The summed E-state index contributed by atoms with van der Waals surface area (Å²) in [5, 5.41) is 3.77. The van der Waals surface area contributed by atoms with Crippen LogP contribution in [0.25, 0.3) is 0 Å². The second-order valence-corrected chi connectivity index (χ2v) is 8.36. The molecular formula is C23H28ClFN8. The molecule has 0 radical (unpaired) electrons. The van der Waals surface area contributed by atoms with Crippen molar-refractivity contribution in [3.05, 3.63) is 53.4 Å². The van der Waals surface area contributed by atoms with Gasteiger partial charge in [0.05, 0.1) is 5.02 Å². The van der Waals surface area contributed by atoms with E-state index in [0.29, 0.717) is 41.6 Å². The second-order valence-electron chi connectivity index (χ2n) is 7.95. The first-order valence-corrected chi connectivity index (χ1v) is 11.5. The molecule has 2 aromatic heterocycles. The lowest BCUT2D eigenvalue weighted by Crippen LogP contribution is -2.47. The summed E-state index contributed by atoms with van der Waals surface area (Å²) in [6.45, 7) is 5.91. The zero-order valence-electron chi connectivity index (χ0n) is 18.9. The largest absolute Gasteiger partial charge is 0.352 e. The molecule has 33 heavy (non-hydrogen) atoms. The van der Waals surface area contributed by atoms with Crippen LogP contribution >= 0.6 is 11.6 Å². The number of aromatic nitrogens is 4. The molecule has 0 saturated carbocycles. The lowest BCUT2D eigenvalue weighted by atomic mass is 10.3. The Balaban J connectivity index is 1.55. The molecule has 1 N–H and O–H groups in total. The van der Waals surface area contributed by atoms with E-state index in [-0.39, 0.29) is 5.82 Å². The molecule has 3 heterocycles. The molecule has 0 spiro atoms. The summed E-state index contributed by atoms with van der Waals surface area (Å²) < 4.78 is 13.7. The minimum absolute atomic E-state index is 0.320. The van der Waals surface area contributed by atoms with Gasteiger partial charge in [0.1, 0.15) is 11.6 Å². The fourth-order valence-electron chi connectivity index (χ4n) is 3.64. The summed E-state index contributed by atoms with van der Waals surface area (Å²) in [4.78, 5) is 24.7. The van der Waals surface area contributed by atoms with Crippen molar-refractivity contribution in [3.8, 4) is 0 Å². The quantitative estimate of drug-likeness (QED) is 0.520. The van der Waals surface area contributed by atoms with Crippen molar-refractivity contribution in [1.82, 2.24) is 19.9 Å². The van der Waals surface area contributed by atoms with Crippen molar-refractivity contribution in [3.63, 3.8) is 0 Å². The third-order valence-corrected chi connectivity index (χ3v) is 5.78. The summed E-state index contributed by atoms with van der Waals surface area (Å²) in [7, 11) is 1.97. The number of piperazine rings is 1. The van der Waals surface area contributed by atoms with Gasteiger partial charge in [0.15, 0.2) is 0 Å². The summed E-state index contributed by atoms with van der Waals surface area (Å²) >= 11 is 6.33. The number of rotatable bonds is 8. The normalized spacial score (nSPS) is 13.8. The van der Waals surface area contributed by atoms with E-state index < -0.39 is 0 Å². The molecule has 4 rings (SSSR count). The van der Waals surface area contributed by atoms with Crippen molar-refractivity contribution >= 4 is 41.0 Å². The van der Waals surface area contributed by atoms with E-state index in [2.05, 4.69) is 37.0 Å². The molecule has 0 unspecified atom stereocenters. The first kappa shape index (κ1) is 23.0. The van der Waals surface area contributed by atoms with Crippen LogP contribution in [0.4, 0.5) is 33.7 Å². The van der Waals surface area contributed by atoms with Crippen LogP contribution < -0.4 is 20.0 Å². The van der Waals surface area contributed by atoms with Crippen molar-refractivity contribution in [1.29, 1.82) is 0 Å². The maximum absolute atomic E-state index is 13.7. The minimum Gasteiger partial charge on any atom is -0.352 e. The zero-order valence-corrected chi connectivity index (χ0v) is 19.6. The van der Waals surface area contributed by atoms with Crippen LogP contribution in [0.1, 0.15) is 19.8 Å². The van der Waals surface area contributed by atoms with Crippen LogP contribution in [0.2, 0.25) is 5.02 Å². The molecule has 10 heteroatoms. The monoisotopic (exact) mass is 470 g/mol.